The summed E-state index contributed by atoms with van der Waals surface area (Å²) in [7, 11) is 0. The SMILES string of the molecule is CC(=O)N[C@@H](Cc1ccc(CCl)cc1)C(=O)O. The fraction of sp³-hybridized carbons (Fsp3) is 0.333. The monoisotopic (exact) mass is 255 g/mol. The summed E-state index contributed by atoms with van der Waals surface area (Å²) in [5.41, 5.74) is 1.82. The number of nitrogens with one attached hydrogen (secondary N) is 1. The van der Waals surface area contributed by atoms with Gasteiger partial charge in [0.25, 0.3) is 0 Å². The normalized spacial score (nSPS) is 11.9. The van der Waals surface area contributed by atoms with E-state index in [0.717, 1.165) is 11.1 Å². The third-order valence-corrected chi connectivity index (χ3v) is 2.60. The topological polar surface area (TPSA) is 66.4 Å². The highest BCUT2D eigenvalue weighted by molar-refractivity contribution is 6.17. The molecule has 0 saturated carbocycles. The molecule has 1 atom stereocenters. The van der Waals surface area contributed by atoms with E-state index in [2.05, 4.69) is 5.32 Å². The smallest absolute Gasteiger partial charge is 0.326 e. The lowest BCUT2D eigenvalue weighted by Crippen LogP contribution is -2.41. The van der Waals surface area contributed by atoms with Crippen LogP contribution in [0.5, 0.6) is 0 Å². The summed E-state index contributed by atoms with van der Waals surface area (Å²) < 4.78 is 0. The number of carbonyl (C=O) groups is 2. The Morgan fingerprint density at radius 2 is 1.82 bits per heavy atom. The Labute approximate surface area is 105 Å². The molecular formula is C12H14ClNO3. The zero-order chi connectivity index (χ0) is 12.8. The van der Waals surface area contributed by atoms with Crippen molar-refractivity contribution in [2.75, 3.05) is 0 Å². The average Bonchev–Trinajstić information content (AvgIpc) is 2.28. The number of alkyl halides is 1. The summed E-state index contributed by atoms with van der Waals surface area (Å²) in [4.78, 5) is 21.8. The van der Waals surface area contributed by atoms with Crippen LogP contribution in [0.4, 0.5) is 0 Å². The van der Waals surface area contributed by atoms with Crippen LogP contribution in [0.25, 0.3) is 0 Å². The molecule has 17 heavy (non-hydrogen) atoms. The van der Waals surface area contributed by atoms with E-state index in [-0.39, 0.29) is 12.3 Å². The van der Waals surface area contributed by atoms with Crippen molar-refractivity contribution in [2.45, 2.75) is 25.3 Å². The minimum absolute atomic E-state index is 0.261. The molecular weight excluding hydrogens is 242 g/mol. The quantitative estimate of drug-likeness (QED) is 0.785. The maximum absolute atomic E-state index is 10.9. The maximum atomic E-state index is 10.9. The minimum atomic E-state index is -1.04. The van der Waals surface area contributed by atoms with Crippen LogP contribution in [0.15, 0.2) is 24.3 Å². The zero-order valence-corrected chi connectivity index (χ0v) is 10.2. The molecule has 0 fully saturated rings. The van der Waals surface area contributed by atoms with Gasteiger partial charge in [0.2, 0.25) is 5.91 Å². The molecule has 2 N–H and O–H groups in total. The van der Waals surface area contributed by atoms with Crippen LogP contribution in [-0.2, 0) is 21.9 Å². The number of carbonyl (C=O) groups excluding carboxylic acids is 1. The molecule has 0 radical (unpaired) electrons. The van der Waals surface area contributed by atoms with Crippen molar-refractivity contribution in [3.8, 4) is 0 Å². The molecule has 0 bridgehead atoms. The highest BCUT2D eigenvalue weighted by atomic mass is 35.5. The fourth-order valence-electron chi connectivity index (χ4n) is 1.45. The maximum Gasteiger partial charge on any atom is 0.326 e. The second-order valence-corrected chi connectivity index (χ2v) is 4.01. The Hall–Kier alpha value is -1.55. The van der Waals surface area contributed by atoms with E-state index >= 15 is 0 Å². The summed E-state index contributed by atoms with van der Waals surface area (Å²) in [6, 6.07) is 6.42. The molecule has 0 aromatic heterocycles. The van der Waals surface area contributed by atoms with Crippen LogP contribution in [-0.4, -0.2) is 23.0 Å². The van der Waals surface area contributed by atoms with Crippen molar-refractivity contribution >= 4 is 23.5 Å². The van der Waals surface area contributed by atoms with E-state index in [1.807, 2.05) is 24.3 Å². The van der Waals surface area contributed by atoms with Gasteiger partial charge in [-0.15, -0.1) is 11.6 Å². The predicted octanol–water partition coefficient (Wildman–Crippen LogP) is 1.56. The Morgan fingerprint density at radius 3 is 2.24 bits per heavy atom. The third kappa shape index (κ3) is 4.44. The van der Waals surface area contributed by atoms with Crippen LogP contribution >= 0.6 is 11.6 Å². The minimum Gasteiger partial charge on any atom is -0.480 e. The lowest BCUT2D eigenvalue weighted by molar-refractivity contribution is -0.141. The van der Waals surface area contributed by atoms with Gasteiger partial charge in [0.15, 0.2) is 0 Å². The molecule has 92 valence electrons. The highest BCUT2D eigenvalue weighted by Gasteiger charge is 2.18. The van der Waals surface area contributed by atoms with Gasteiger partial charge in [-0.1, -0.05) is 24.3 Å². The first-order chi connectivity index (χ1) is 8.02. The van der Waals surface area contributed by atoms with Crippen molar-refractivity contribution in [2.24, 2.45) is 0 Å². The van der Waals surface area contributed by atoms with Gasteiger partial charge < -0.3 is 10.4 Å². The fourth-order valence-corrected chi connectivity index (χ4v) is 1.62. The largest absolute Gasteiger partial charge is 0.480 e. The van der Waals surface area contributed by atoms with Gasteiger partial charge in [0, 0.05) is 19.2 Å². The molecule has 0 aliphatic rings. The van der Waals surface area contributed by atoms with E-state index in [4.69, 9.17) is 16.7 Å². The van der Waals surface area contributed by atoms with Gasteiger partial charge in [0.05, 0.1) is 0 Å². The molecule has 1 amide bonds. The van der Waals surface area contributed by atoms with Gasteiger partial charge in [-0.2, -0.15) is 0 Å². The van der Waals surface area contributed by atoms with Gasteiger partial charge in [-0.3, -0.25) is 4.79 Å². The predicted molar refractivity (Wildman–Crippen MR) is 64.9 cm³/mol. The second kappa shape index (κ2) is 6.25. The van der Waals surface area contributed by atoms with Crippen LogP contribution < -0.4 is 5.32 Å². The van der Waals surface area contributed by atoms with Crippen LogP contribution in [0.2, 0.25) is 0 Å². The molecule has 5 heteroatoms. The highest BCUT2D eigenvalue weighted by Crippen LogP contribution is 2.09. The number of halogens is 1. The Balaban J connectivity index is 2.71. The van der Waals surface area contributed by atoms with Gasteiger partial charge >= 0.3 is 5.97 Å². The summed E-state index contributed by atoms with van der Waals surface area (Å²) in [5, 5.41) is 11.3. The lowest BCUT2D eigenvalue weighted by atomic mass is 10.0. The third-order valence-electron chi connectivity index (χ3n) is 2.29. The van der Waals surface area contributed by atoms with E-state index in [1.54, 1.807) is 0 Å². The summed E-state index contributed by atoms with van der Waals surface area (Å²) in [5.74, 6) is -0.967. The number of aliphatic carboxylic acids is 1. The molecule has 1 aromatic carbocycles. The second-order valence-electron chi connectivity index (χ2n) is 3.75. The molecule has 1 rings (SSSR count). The van der Waals surface area contributed by atoms with Crippen molar-refractivity contribution in [1.82, 2.24) is 5.32 Å². The number of amides is 1. The van der Waals surface area contributed by atoms with Gasteiger partial charge in [0.1, 0.15) is 6.04 Å². The molecule has 4 nitrogen and oxygen atoms in total. The first-order valence-corrected chi connectivity index (χ1v) is 5.70. The summed E-state index contributed by atoms with van der Waals surface area (Å²) in [6.07, 6.45) is 0.261. The Bertz CT molecular complexity index is 403. The van der Waals surface area contributed by atoms with Crippen LogP contribution in [0.1, 0.15) is 18.1 Å². The number of hydrogen-bond donors (Lipinski definition) is 2. The lowest BCUT2D eigenvalue weighted by Gasteiger charge is -2.13. The molecule has 0 unspecified atom stereocenters. The summed E-state index contributed by atoms with van der Waals surface area (Å²) in [6.45, 7) is 1.30. The Morgan fingerprint density at radius 1 is 1.29 bits per heavy atom. The molecule has 0 aliphatic carbocycles. The molecule has 0 aliphatic heterocycles. The zero-order valence-electron chi connectivity index (χ0n) is 9.44. The standard InChI is InChI=1S/C12H14ClNO3/c1-8(15)14-11(12(16)17)6-9-2-4-10(7-13)5-3-9/h2-5,11H,6-7H2,1H3,(H,14,15)(H,16,17)/t11-/m0/s1. The number of carboxylic acids is 1. The van der Waals surface area contributed by atoms with Crippen molar-refractivity contribution in [3.63, 3.8) is 0 Å². The number of carboxylic acid groups (broad SMARTS) is 1. The first-order valence-electron chi connectivity index (χ1n) is 5.16. The molecule has 1 aromatic rings. The number of rotatable bonds is 5. The summed E-state index contributed by atoms with van der Waals surface area (Å²) >= 11 is 5.65. The van der Waals surface area contributed by atoms with Crippen LogP contribution in [0.3, 0.4) is 0 Å². The van der Waals surface area contributed by atoms with Crippen molar-refractivity contribution in [1.29, 1.82) is 0 Å². The number of hydrogen-bond acceptors (Lipinski definition) is 2. The molecule has 0 saturated heterocycles. The van der Waals surface area contributed by atoms with E-state index < -0.39 is 12.0 Å². The van der Waals surface area contributed by atoms with Gasteiger partial charge in [-0.05, 0) is 11.1 Å². The van der Waals surface area contributed by atoms with Crippen LogP contribution in [0, 0.1) is 0 Å². The van der Waals surface area contributed by atoms with E-state index in [0.29, 0.717) is 5.88 Å². The Kier molecular flexibility index (Phi) is 4.97. The van der Waals surface area contributed by atoms with E-state index in [9.17, 15) is 9.59 Å². The van der Waals surface area contributed by atoms with Gasteiger partial charge in [-0.25, -0.2) is 4.79 Å². The van der Waals surface area contributed by atoms with Crippen molar-refractivity contribution < 1.29 is 14.7 Å². The average molecular weight is 256 g/mol. The number of benzene rings is 1. The van der Waals surface area contributed by atoms with Crippen molar-refractivity contribution in [3.05, 3.63) is 35.4 Å². The first kappa shape index (κ1) is 13.5. The van der Waals surface area contributed by atoms with E-state index in [1.165, 1.54) is 6.92 Å². The molecule has 0 spiro atoms. The molecule has 0 heterocycles.